The summed E-state index contributed by atoms with van der Waals surface area (Å²) < 4.78 is 26.5. The average Bonchev–Trinajstić information content (AvgIpc) is 2.76. The SMILES string of the molecule is CCC1CCCC1NC(C)c1ccc(F)cc1F. The van der Waals surface area contributed by atoms with Gasteiger partial charge >= 0.3 is 0 Å². The zero-order valence-corrected chi connectivity index (χ0v) is 11.0. The first kappa shape index (κ1) is 13.5. The van der Waals surface area contributed by atoms with Gasteiger partial charge in [-0.3, -0.25) is 0 Å². The summed E-state index contributed by atoms with van der Waals surface area (Å²) in [6.45, 7) is 4.15. The molecule has 0 amide bonds. The van der Waals surface area contributed by atoms with Gasteiger partial charge in [-0.1, -0.05) is 25.8 Å². The number of benzene rings is 1. The lowest BCUT2D eigenvalue weighted by Crippen LogP contribution is -2.34. The van der Waals surface area contributed by atoms with Crippen LogP contribution in [0.5, 0.6) is 0 Å². The van der Waals surface area contributed by atoms with Gasteiger partial charge in [0.05, 0.1) is 0 Å². The van der Waals surface area contributed by atoms with Crippen molar-refractivity contribution < 1.29 is 8.78 Å². The largest absolute Gasteiger partial charge is 0.307 e. The van der Waals surface area contributed by atoms with E-state index >= 15 is 0 Å². The molecule has 3 heteroatoms. The molecule has 0 aromatic heterocycles. The number of hydrogen-bond acceptors (Lipinski definition) is 1. The molecule has 0 aliphatic heterocycles. The Bertz CT molecular complexity index is 405. The second-order valence-corrected chi connectivity index (χ2v) is 5.26. The molecule has 0 heterocycles. The molecule has 0 radical (unpaired) electrons. The Labute approximate surface area is 108 Å². The van der Waals surface area contributed by atoms with Crippen molar-refractivity contribution in [3.05, 3.63) is 35.4 Å². The molecule has 18 heavy (non-hydrogen) atoms. The highest BCUT2D eigenvalue weighted by Gasteiger charge is 2.27. The van der Waals surface area contributed by atoms with Gasteiger partial charge in [-0.05, 0) is 31.7 Å². The summed E-state index contributed by atoms with van der Waals surface area (Å²) in [6.07, 6.45) is 4.82. The van der Waals surface area contributed by atoms with Gasteiger partial charge in [0.1, 0.15) is 11.6 Å². The van der Waals surface area contributed by atoms with Gasteiger partial charge in [0.2, 0.25) is 0 Å². The van der Waals surface area contributed by atoms with Crippen LogP contribution in [-0.2, 0) is 0 Å². The van der Waals surface area contributed by atoms with E-state index < -0.39 is 11.6 Å². The Hall–Kier alpha value is -0.960. The lowest BCUT2D eigenvalue weighted by molar-refractivity contribution is 0.355. The molecule has 0 saturated heterocycles. The highest BCUT2D eigenvalue weighted by atomic mass is 19.1. The molecular weight excluding hydrogens is 232 g/mol. The van der Waals surface area contributed by atoms with Gasteiger partial charge in [0.25, 0.3) is 0 Å². The molecule has 100 valence electrons. The van der Waals surface area contributed by atoms with E-state index in [1.165, 1.54) is 25.0 Å². The topological polar surface area (TPSA) is 12.0 Å². The molecular formula is C15H21F2N. The van der Waals surface area contributed by atoms with Crippen LogP contribution in [0.4, 0.5) is 8.78 Å². The first-order chi connectivity index (χ1) is 8.61. The third kappa shape index (κ3) is 2.89. The third-order valence-electron chi connectivity index (χ3n) is 4.08. The number of nitrogens with one attached hydrogen (secondary N) is 1. The predicted molar refractivity (Wildman–Crippen MR) is 69.3 cm³/mol. The lowest BCUT2D eigenvalue weighted by Gasteiger charge is -2.24. The van der Waals surface area contributed by atoms with Gasteiger partial charge < -0.3 is 5.32 Å². The average molecular weight is 253 g/mol. The zero-order chi connectivity index (χ0) is 13.1. The predicted octanol–water partition coefficient (Wildman–Crippen LogP) is 4.19. The van der Waals surface area contributed by atoms with Gasteiger partial charge in [-0.2, -0.15) is 0 Å². The minimum Gasteiger partial charge on any atom is -0.307 e. The van der Waals surface area contributed by atoms with Crippen LogP contribution in [0.3, 0.4) is 0 Å². The second kappa shape index (κ2) is 5.79. The third-order valence-corrected chi connectivity index (χ3v) is 4.08. The van der Waals surface area contributed by atoms with Crippen molar-refractivity contribution in [1.29, 1.82) is 0 Å². The molecule has 1 nitrogen and oxygen atoms in total. The van der Waals surface area contributed by atoms with E-state index in [0.717, 1.165) is 18.9 Å². The summed E-state index contributed by atoms with van der Waals surface area (Å²) in [5.74, 6) is -0.284. The first-order valence-corrected chi connectivity index (χ1v) is 6.82. The van der Waals surface area contributed by atoms with Crippen molar-refractivity contribution in [2.24, 2.45) is 5.92 Å². The summed E-state index contributed by atoms with van der Waals surface area (Å²) in [4.78, 5) is 0. The van der Waals surface area contributed by atoms with Crippen LogP contribution in [0.1, 0.15) is 51.1 Å². The normalized spacial score (nSPS) is 25.3. The van der Waals surface area contributed by atoms with E-state index in [0.29, 0.717) is 17.5 Å². The van der Waals surface area contributed by atoms with Crippen LogP contribution >= 0.6 is 0 Å². The molecule has 1 aromatic carbocycles. The highest BCUT2D eigenvalue weighted by molar-refractivity contribution is 5.21. The standard InChI is InChI=1S/C15H21F2N/c1-3-11-5-4-6-15(11)18-10(2)13-8-7-12(16)9-14(13)17/h7-11,15,18H,3-6H2,1-2H3. The number of halogens is 2. The molecule has 1 aromatic rings. The van der Waals surface area contributed by atoms with Crippen molar-refractivity contribution in [1.82, 2.24) is 5.32 Å². The lowest BCUT2D eigenvalue weighted by atomic mass is 9.98. The fraction of sp³-hybridized carbons (Fsp3) is 0.600. The molecule has 0 bridgehead atoms. The van der Waals surface area contributed by atoms with Crippen molar-refractivity contribution >= 4 is 0 Å². The molecule has 1 N–H and O–H groups in total. The first-order valence-electron chi connectivity index (χ1n) is 6.82. The Morgan fingerprint density at radius 2 is 2.11 bits per heavy atom. The number of hydrogen-bond donors (Lipinski definition) is 1. The molecule has 3 atom stereocenters. The van der Waals surface area contributed by atoms with E-state index in [2.05, 4.69) is 12.2 Å². The maximum atomic E-state index is 13.7. The van der Waals surface area contributed by atoms with E-state index in [4.69, 9.17) is 0 Å². The molecule has 0 spiro atoms. The Morgan fingerprint density at radius 1 is 1.33 bits per heavy atom. The van der Waals surface area contributed by atoms with E-state index in [1.54, 1.807) is 0 Å². The van der Waals surface area contributed by atoms with Gasteiger partial charge in [-0.25, -0.2) is 8.78 Å². The Balaban J connectivity index is 2.05. The van der Waals surface area contributed by atoms with E-state index in [1.807, 2.05) is 6.92 Å². The minimum atomic E-state index is -0.518. The Kier molecular flexibility index (Phi) is 4.33. The maximum absolute atomic E-state index is 13.7. The van der Waals surface area contributed by atoms with E-state index in [9.17, 15) is 8.78 Å². The maximum Gasteiger partial charge on any atom is 0.130 e. The quantitative estimate of drug-likeness (QED) is 0.848. The smallest absolute Gasteiger partial charge is 0.130 e. The summed E-state index contributed by atoms with van der Waals surface area (Å²) in [7, 11) is 0. The van der Waals surface area contributed by atoms with Crippen LogP contribution in [0.25, 0.3) is 0 Å². The summed E-state index contributed by atoms with van der Waals surface area (Å²) in [5, 5.41) is 3.49. The Morgan fingerprint density at radius 3 is 2.78 bits per heavy atom. The fourth-order valence-electron chi connectivity index (χ4n) is 3.01. The van der Waals surface area contributed by atoms with Crippen LogP contribution in [0.15, 0.2) is 18.2 Å². The summed E-state index contributed by atoms with van der Waals surface area (Å²) in [5.41, 5.74) is 0.554. The van der Waals surface area contributed by atoms with Gasteiger partial charge in [0, 0.05) is 23.7 Å². The molecule has 1 saturated carbocycles. The van der Waals surface area contributed by atoms with Crippen molar-refractivity contribution in [3.8, 4) is 0 Å². The number of rotatable bonds is 4. The second-order valence-electron chi connectivity index (χ2n) is 5.26. The van der Waals surface area contributed by atoms with Crippen molar-refractivity contribution in [2.75, 3.05) is 0 Å². The van der Waals surface area contributed by atoms with E-state index in [-0.39, 0.29) is 6.04 Å². The fourth-order valence-corrected chi connectivity index (χ4v) is 3.01. The van der Waals surface area contributed by atoms with Gasteiger partial charge in [0.15, 0.2) is 0 Å². The summed E-state index contributed by atoms with van der Waals surface area (Å²) in [6, 6.07) is 4.22. The van der Waals surface area contributed by atoms with Crippen LogP contribution in [0, 0.1) is 17.6 Å². The van der Waals surface area contributed by atoms with Crippen molar-refractivity contribution in [3.63, 3.8) is 0 Å². The minimum absolute atomic E-state index is 0.0669. The molecule has 1 aliphatic rings. The highest BCUT2D eigenvalue weighted by Crippen LogP contribution is 2.30. The van der Waals surface area contributed by atoms with Crippen LogP contribution in [-0.4, -0.2) is 6.04 Å². The van der Waals surface area contributed by atoms with Crippen LogP contribution < -0.4 is 5.32 Å². The van der Waals surface area contributed by atoms with Gasteiger partial charge in [-0.15, -0.1) is 0 Å². The monoisotopic (exact) mass is 253 g/mol. The zero-order valence-electron chi connectivity index (χ0n) is 11.0. The molecule has 2 rings (SSSR count). The molecule has 1 aliphatic carbocycles. The summed E-state index contributed by atoms with van der Waals surface area (Å²) >= 11 is 0. The molecule has 3 unspecified atom stereocenters. The van der Waals surface area contributed by atoms with Crippen molar-refractivity contribution in [2.45, 2.75) is 51.6 Å². The molecule has 1 fully saturated rings. The van der Waals surface area contributed by atoms with Crippen LogP contribution in [0.2, 0.25) is 0 Å².